The minimum absolute atomic E-state index is 0.0696. The van der Waals surface area contributed by atoms with E-state index in [1.165, 1.54) is 0 Å². The standard InChI is InChI=1S/C25H28BrN7O/c1-29-23-22(24(34)30-14-18-8-3-2-7-17(18)13-27)33(15-19-9-4-5-11-21(19)26)25(31-23)32-12-6-10-20(28)16-32/h2-5,7-9,11,20,29H,6,10,12,14-16,28H2,1H3,(H,30,34). The van der Waals surface area contributed by atoms with Gasteiger partial charge in [-0.15, -0.1) is 0 Å². The number of halogens is 1. The lowest BCUT2D eigenvalue weighted by Gasteiger charge is -2.32. The number of nitrogens with one attached hydrogen (secondary N) is 2. The van der Waals surface area contributed by atoms with Crippen LogP contribution in [-0.4, -0.2) is 41.6 Å². The molecule has 0 spiro atoms. The van der Waals surface area contributed by atoms with Crippen LogP contribution in [0.4, 0.5) is 11.8 Å². The number of piperidine rings is 1. The van der Waals surface area contributed by atoms with Crippen molar-refractivity contribution in [3.05, 3.63) is 75.4 Å². The number of nitrogens with zero attached hydrogens (tertiary/aromatic N) is 4. The van der Waals surface area contributed by atoms with E-state index in [1.54, 1.807) is 13.1 Å². The number of imidazole rings is 1. The van der Waals surface area contributed by atoms with Gasteiger partial charge in [-0.1, -0.05) is 52.3 Å². The van der Waals surface area contributed by atoms with Gasteiger partial charge in [-0.25, -0.2) is 0 Å². The fraction of sp³-hybridized carbons (Fsp3) is 0.320. The molecule has 1 amide bonds. The Morgan fingerprint density at radius 3 is 2.68 bits per heavy atom. The van der Waals surface area contributed by atoms with Crippen molar-refractivity contribution in [2.24, 2.45) is 5.73 Å². The van der Waals surface area contributed by atoms with Crippen LogP contribution in [0.25, 0.3) is 0 Å². The van der Waals surface area contributed by atoms with Crippen molar-refractivity contribution in [2.45, 2.75) is 32.0 Å². The van der Waals surface area contributed by atoms with Gasteiger partial charge in [0, 0.05) is 37.2 Å². The summed E-state index contributed by atoms with van der Waals surface area (Å²) in [6, 6.07) is 17.5. The number of rotatable bonds is 7. The number of anilines is 2. The molecule has 3 aromatic rings. The largest absolute Gasteiger partial charge is 0.371 e. The molecule has 1 fully saturated rings. The van der Waals surface area contributed by atoms with Crippen molar-refractivity contribution in [1.29, 1.82) is 5.26 Å². The predicted molar refractivity (Wildman–Crippen MR) is 137 cm³/mol. The second-order valence-corrected chi connectivity index (χ2v) is 9.19. The summed E-state index contributed by atoms with van der Waals surface area (Å²) in [5.74, 6) is 0.967. The van der Waals surface area contributed by atoms with Gasteiger partial charge in [-0.2, -0.15) is 10.2 Å². The van der Waals surface area contributed by atoms with E-state index < -0.39 is 0 Å². The SMILES string of the molecule is CNc1nc(N2CCCC(N)C2)n(Cc2ccccc2Br)c1C(=O)NCc1ccccc1C#N. The average Bonchev–Trinajstić information content (AvgIpc) is 3.22. The number of nitrogens with two attached hydrogens (primary N) is 1. The molecule has 4 rings (SSSR count). The molecule has 176 valence electrons. The summed E-state index contributed by atoms with van der Waals surface area (Å²) in [5, 5.41) is 15.5. The second-order valence-electron chi connectivity index (χ2n) is 8.34. The highest BCUT2D eigenvalue weighted by atomic mass is 79.9. The summed E-state index contributed by atoms with van der Waals surface area (Å²) < 4.78 is 2.92. The Morgan fingerprint density at radius 2 is 1.97 bits per heavy atom. The second kappa shape index (κ2) is 10.7. The Bertz CT molecular complexity index is 1220. The van der Waals surface area contributed by atoms with Gasteiger partial charge < -0.3 is 21.3 Å². The molecule has 0 saturated carbocycles. The van der Waals surface area contributed by atoms with E-state index in [-0.39, 0.29) is 18.5 Å². The van der Waals surface area contributed by atoms with Crippen molar-refractivity contribution in [3.8, 4) is 6.07 Å². The molecule has 2 heterocycles. The van der Waals surface area contributed by atoms with Crippen molar-refractivity contribution in [3.63, 3.8) is 0 Å². The van der Waals surface area contributed by atoms with E-state index >= 15 is 0 Å². The first-order chi connectivity index (χ1) is 16.5. The predicted octanol–water partition coefficient (Wildman–Crippen LogP) is 3.46. The number of amides is 1. The average molecular weight is 522 g/mol. The smallest absolute Gasteiger partial charge is 0.272 e. The van der Waals surface area contributed by atoms with Gasteiger partial charge in [0.15, 0.2) is 11.5 Å². The lowest BCUT2D eigenvalue weighted by atomic mass is 10.1. The van der Waals surface area contributed by atoms with Crippen LogP contribution in [0.3, 0.4) is 0 Å². The van der Waals surface area contributed by atoms with Crippen LogP contribution in [0.5, 0.6) is 0 Å². The Kier molecular flexibility index (Phi) is 7.50. The zero-order valence-corrected chi connectivity index (χ0v) is 20.7. The van der Waals surface area contributed by atoms with Crippen LogP contribution in [0.2, 0.25) is 0 Å². The number of carbonyl (C=O) groups excluding carboxylic acids is 1. The fourth-order valence-electron chi connectivity index (χ4n) is 4.27. The topological polar surface area (TPSA) is 112 Å². The Morgan fingerprint density at radius 1 is 1.24 bits per heavy atom. The number of benzene rings is 2. The molecule has 4 N–H and O–H groups in total. The number of hydrogen-bond acceptors (Lipinski definition) is 6. The molecular formula is C25H28BrN7O. The molecule has 1 aromatic heterocycles. The molecule has 1 atom stereocenters. The van der Waals surface area contributed by atoms with Gasteiger partial charge in [-0.05, 0) is 36.1 Å². The van der Waals surface area contributed by atoms with Gasteiger partial charge in [0.05, 0.1) is 18.2 Å². The molecule has 2 aromatic carbocycles. The molecule has 0 aliphatic carbocycles. The molecule has 9 heteroatoms. The van der Waals surface area contributed by atoms with Crippen LogP contribution in [-0.2, 0) is 13.1 Å². The maximum absolute atomic E-state index is 13.5. The minimum atomic E-state index is -0.260. The van der Waals surface area contributed by atoms with Crippen LogP contribution < -0.4 is 21.3 Å². The number of nitriles is 1. The zero-order chi connectivity index (χ0) is 24.1. The minimum Gasteiger partial charge on any atom is -0.371 e. The van der Waals surface area contributed by atoms with Crippen molar-refractivity contribution < 1.29 is 4.79 Å². The summed E-state index contributed by atoms with van der Waals surface area (Å²) in [4.78, 5) is 20.5. The Hall–Kier alpha value is -3.35. The molecule has 34 heavy (non-hydrogen) atoms. The van der Waals surface area contributed by atoms with Gasteiger partial charge in [0.25, 0.3) is 5.91 Å². The number of carbonyl (C=O) groups is 1. The van der Waals surface area contributed by atoms with Gasteiger partial charge in [0.1, 0.15) is 0 Å². The third-order valence-corrected chi connectivity index (χ3v) is 6.78. The Labute approximate surface area is 207 Å². The first-order valence-corrected chi connectivity index (χ1v) is 12.1. The maximum atomic E-state index is 13.5. The molecule has 1 aliphatic heterocycles. The summed E-state index contributed by atoms with van der Waals surface area (Å²) in [7, 11) is 1.76. The monoisotopic (exact) mass is 521 g/mol. The molecule has 8 nitrogen and oxygen atoms in total. The summed E-state index contributed by atoms with van der Waals surface area (Å²) in [6.45, 7) is 2.23. The normalized spacial score (nSPS) is 15.6. The van der Waals surface area contributed by atoms with E-state index in [9.17, 15) is 10.1 Å². The lowest BCUT2D eigenvalue weighted by molar-refractivity contribution is 0.0943. The molecule has 1 aliphatic rings. The number of hydrogen-bond donors (Lipinski definition) is 3. The summed E-state index contributed by atoms with van der Waals surface area (Å²) in [5.41, 5.74) is 9.05. The molecule has 1 unspecified atom stereocenters. The Balaban J connectivity index is 1.71. The van der Waals surface area contributed by atoms with Crippen molar-refractivity contribution in [2.75, 3.05) is 30.4 Å². The highest BCUT2D eigenvalue weighted by Gasteiger charge is 2.28. The quantitative estimate of drug-likeness (QED) is 0.438. The van der Waals surface area contributed by atoms with Gasteiger partial charge in [0.2, 0.25) is 5.95 Å². The highest BCUT2D eigenvalue weighted by molar-refractivity contribution is 9.10. The lowest BCUT2D eigenvalue weighted by Crippen LogP contribution is -2.44. The summed E-state index contributed by atoms with van der Waals surface area (Å²) in [6.07, 6.45) is 1.95. The highest BCUT2D eigenvalue weighted by Crippen LogP contribution is 2.29. The van der Waals surface area contributed by atoms with Crippen molar-refractivity contribution in [1.82, 2.24) is 14.9 Å². The fourth-order valence-corrected chi connectivity index (χ4v) is 4.68. The van der Waals surface area contributed by atoms with E-state index in [1.807, 2.05) is 47.0 Å². The zero-order valence-electron chi connectivity index (χ0n) is 19.1. The van der Waals surface area contributed by atoms with Crippen LogP contribution >= 0.6 is 15.9 Å². The van der Waals surface area contributed by atoms with Crippen molar-refractivity contribution >= 4 is 33.6 Å². The molecule has 0 bridgehead atoms. The van der Waals surface area contributed by atoms with Crippen LogP contribution in [0.15, 0.2) is 53.0 Å². The van der Waals surface area contributed by atoms with E-state index in [4.69, 9.17) is 10.7 Å². The van der Waals surface area contributed by atoms with E-state index in [0.717, 1.165) is 40.9 Å². The first-order valence-electron chi connectivity index (χ1n) is 11.3. The van der Waals surface area contributed by atoms with E-state index in [2.05, 4.69) is 37.5 Å². The van der Waals surface area contributed by atoms with Crippen LogP contribution in [0.1, 0.15) is 40.0 Å². The third-order valence-electron chi connectivity index (χ3n) is 6.00. The molecule has 0 radical (unpaired) electrons. The number of aromatic nitrogens is 2. The molecular weight excluding hydrogens is 494 g/mol. The molecule has 1 saturated heterocycles. The van der Waals surface area contributed by atoms with Gasteiger partial charge >= 0.3 is 0 Å². The first kappa shape index (κ1) is 23.8. The van der Waals surface area contributed by atoms with E-state index in [0.29, 0.717) is 30.2 Å². The third kappa shape index (κ3) is 5.08. The van der Waals surface area contributed by atoms with Crippen LogP contribution in [0, 0.1) is 11.3 Å². The maximum Gasteiger partial charge on any atom is 0.272 e. The van der Waals surface area contributed by atoms with Gasteiger partial charge in [-0.3, -0.25) is 9.36 Å². The summed E-state index contributed by atoms with van der Waals surface area (Å²) >= 11 is 3.63.